The summed E-state index contributed by atoms with van der Waals surface area (Å²) in [5.41, 5.74) is 0. The lowest BCUT2D eigenvalue weighted by Gasteiger charge is -2.23. The Morgan fingerprint density at radius 1 is 1.50 bits per heavy atom. The molecule has 0 aliphatic carbocycles. The van der Waals surface area contributed by atoms with Crippen LogP contribution in [0.2, 0.25) is 0 Å². The molecule has 0 bridgehead atoms. The number of likely N-dealkylation sites (N-methyl/N-ethyl adjacent to an activating group) is 1. The molecule has 0 aromatic rings. The number of carbonyl (C=O) groups excluding carboxylic acids is 1. The lowest BCUT2D eigenvalue weighted by Crippen LogP contribution is -2.41. The van der Waals surface area contributed by atoms with Crippen LogP contribution >= 0.6 is 0 Å². The molecule has 94 valence electrons. The first-order chi connectivity index (χ1) is 7.23. The summed E-state index contributed by atoms with van der Waals surface area (Å²) in [6.07, 6.45) is -6.97. The van der Waals surface area contributed by atoms with Gasteiger partial charge in [-0.25, -0.2) is 5.06 Å². The Morgan fingerprint density at radius 3 is 2.31 bits per heavy atom. The Balaban J connectivity index is 4.53. The monoisotopic (exact) mass is 241 g/mol. The van der Waals surface area contributed by atoms with Crippen molar-refractivity contribution in [2.75, 3.05) is 14.2 Å². The van der Waals surface area contributed by atoms with E-state index in [2.05, 4.69) is 16.2 Å². The summed E-state index contributed by atoms with van der Waals surface area (Å²) in [7, 11) is 2.48. The molecule has 16 heavy (non-hydrogen) atoms. The molecule has 2 atom stereocenters. The second kappa shape index (κ2) is 5.86. The molecule has 7 heteroatoms. The minimum Gasteiger partial charge on any atom is -0.352 e. The average Bonchev–Trinajstić information content (AvgIpc) is 2.21. The minimum absolute atomic E-state index is 0.756. The van der Waals surface area contributed by atoms with E-state index in [0.717, 1.165) is 18.1 Å². The van der Waals surface area contributed by atoms with Gasteiger partial charge in [0.15, 0.2) is 12.2 Å². The van der Waals surface area contributed by atoms with Crippen LogP contribution in [0.5, 0.6) is 0 Å². The zero-order chi connectivity index (χ0) is 12.9. The number of nitrogens with zero attached hydrogens (tertiary/aromatic N) is 1. The third-order valence-corrected chi connectivity index (χ3v) is 1.85. The predicted molar refractivity (Wildman–Crippen MR) is 50.4 cm³/mol. The number of alkyl halides is 3. The Labute approximate surface area is 91.6 Å². The highest BCUT2D eigenvalue weighted by Gasteiger charge is 2.39. The summed E-state index contributed by atoms with van der Waals surface area (Å²) >= 11 is 0. The molecule has 0 spiro atoms. The van der Waals surface area contributed by atoms with Crippen molar-refractivity contribution in [2.45, 2.75) is 25.3 Å². The maximum absolute atomic E-state index is 12.2. The van der Waals surface area contributed by atoms with Crippen molar-refractivity contribution in [1.29, 1.82) is 0 Å². The second-order valence-electron chi connectivity index (χ2n) is 2.99. The molecular formula is C9H14F3NO3. The molecule has 0 aromatic heterocycles. The zero-order valence-electron chi connectivity index (χ0n) is 9.25. The highest BCUT2D eigenvalue weighted by atomic mass is 19.4. The van der Waals surface area contributed by atoms with Gasteiger partial charge in [0.1, 0.15) is 0 Å². The quantitative estimate of drug-likeness (QED) is 0.541. The molecule has 0 aliphatic heterocycles. The molecule has 0 N–H and O–H groups in total. The Hall–Kier alpha value is -1.08. The van der Waals surface area contributed by atoms with Gasteiger partial charge in [0, 0.05) is 7.05 Å². The first-order valence-electron chi connectivity index (χ1n) is 4.40. The molecule has 0 aliphatic rings. The van der Waals surface area contributed by atoms with Crippen LogP contribution in [0.4, 0.5) is 13.2 Å². The van der Waals surface area contributed by atoms with Crippen molar-refractivity contribution in [3.63, 3.8) is 0 Å². The van der Waals surface area contributed by atoms with Crippen LogP contribution in [0.25, 0.3) is 0 Å². The SMILES string of the molecule is C=C[C@@H](O[C@@H](C)C(F)(F)F)C(=O)N(C)OC. The smallest absolute Gasteiger partial charge is 0.352 e. The topological polar surface area (TPSA) is 38.8 Å². The normalized spacial score (nSPS) is 15.4. The fraction of sp³-hybridized carbons (Fsp3) is 0.667. The van der Waals surface area contributed by atoms with Crippen LogP contribution < -0.4 is 0 Å². The average molecular weight is 241 g/mol. The lowest BCUT2D eigenvalue weighted by atomic mass is 10.3. The van der Waals surface area contributed by atoms with Gasteiger partial charge in [-0.3, -0.25) is 9.63 Å². The molecule has 0 aromatic carbocycles. The molecule has 1 amide bonds. The van der Waals surface area contributed by atoms with E-state index < -0.39 is 24.3 Å². The van der Waals surface area contributed by atoms with E-state index in [0.29, 0.717) is 0 Å². The van der Waals surface area contributed by atoms with Crippen molar-refractivity contribution in [1.82, 2.24) is 5.06 Å². The lowest BCUT2D eigenvalue weighted by molar-refractivity contribution is -0.228. The van der Waals surface area contributed by atoms with Gasteiger partial charge in [0.25, 0.3) is 5.91 Å². The summed E-state index contributed by atoms with van der Waals surface area (Å²) < 4.78 is 41.1. The summed E-state index contributed by atoms with van der Waals surface area (Å²) in [5.74, 6) is -0.756. The molecule has 0 unspecified atom stereocenters. The highest BCUT2D eigenvalue weighted by Crippen LogP contribution is 2.23. The van der Waals surface area contributed by atoms with Crippen molar-refractivity contribution in [3.05, 3.63) is 12.7 Å². The molecule has 0 saturated heterocycles. The first-order valence-corrected chi connectivity index (χ1v) is 4.40. The van der Waals surface area contributed by atoms with E-state index in [1.807, 2.05) is 0 Å². The number of hydroxylamine groups is 2. The van der Waals surface area contributed by atoms with E-state index >= 15 is 0 Å². The summed E-state index contributed by atoms with van der Waals surface area (Å²) in [4.78, 5) is 15.9. The van der Waals surface area contributed by atoms with Crippen molar-refractivity contribution in [3.8, 4) is 0 Å². The molecule has 0 rings (SSSR count). The van der Waals surface area contributed by atoms with Gasteiger partial charge >= 0.3 is 6.18 Å². The van der Waals surface area contributed by atoms with Gasteiger partial charge in [-0.05, 0) is 6.92 Å². The molecule has 0 radical (unpaired) electrons. The highest BCUT2D eigenvalue weighted by molar-refractivity contribution is 5.81. The first kappa shape index (κ1) is 14.9. The number of carbonyl (C=O) groups is 1. The fourth-order valence-electron chi connectivity index (χ4n) is 0.781. The van der Waals surface area contributed by atoms with Gasteiger partial charge in [0.05, 0.1) is 7.11 Å². The molecule has 0 fully saturated rings. The van der Waals surface area contributed by atoms with Crippen molar-refractivity contribution < 1.29 is 27.5 Å². The molecule has 0 saturated carbocycles. The third kappa shape index (κ3) is 4.19. The second-order valence-corrected chi connectivity index (χ2v) is 2.99. The van der Waals surface area contributed by atoms with Gasteiger partial charge in [-0.1, -0.05) is 12.7 Å². The maximum Gasteiger partial charge on any atom is 0.414 e. The van der Waals surface area contributed by atoms with Crippen LogP contribution in [0.3, 0.4) is 0 Å². The van der Waals surface area contributed by atoms with E-state index in [9.17, 15) is 18.0 Å². The summed E-state index contributed by atoms with van der Waals surface area (Å²) in [6, 6.07) is 0. The summed E-state index contributed by atoms with van der Waals surface area (Å²) in [6.45, 7) is 4.05. The van der Waals surface area contributed by atoms with E-state index in [-0.39, 0.29) is 0 Å². The number of hydrogen-bond acceptors (Lipinski definition) is 3. The van der Waals surface area contributed by atoms with Gasteiger partial charge in [-0.15, -0.1) is 0 Å². The fourth-order valence-corrected chi connectivity index (χ4v) is 0.781. The van der Waals surface area contributed by atoms with E-state index in [1.165, 1.54) is 14.2 Å². The zero-order valence-corrected chi connectivity index (χ0v) is 9.25. The summed E-state index contributed by atoms with van der Waals surface area (Å²) in [5, 5.41) is 0.773. The maximum atomic E-state index is 12.2. The van der Waals surface area contributed by atoms with Gasteiger partial charge in [-0.2, -0.15) is 13.2 Å². The number of amides is 1. The Bertz CT molecular complexity index is 255. The minimum atomic E-state index is -4.52. The van der Waals surface area contributed by atoms with E-state index in [4.69, 9.17) is 0 Å². The van der Waals surface area contributed by atoms with Crippen molar-refractivity contribution >= 4 is 5.91 Å². The van der Waals surface area contributed by atoms with Gasteiger partial charge in [0.2, 0.25) is 0 Å². The Kier molecular flexibility index (Phi) is 5.46. The molecule has 0 heterocycles. The number of ether oxygens (including phenoxy) is 1. The molecular weight excluding hydrogens is 227 g/mol. The Morgan fingerprint density at radius 2 is 2.00 bits per heavy atom. The van der Waals surface area contributed by atoms with Crippen LogP contribution in [-0.4, -0.2) is 43.5 Å². The van der Waals surface area contributed by atoms with Crippen LogP contribution in [0, 0.1) is 0 Å². The van der Waals surface area contributed by atoms with Crippen LogP contribution in [-0.2, 0) is 14.4 Å². The number of rotatable bonds is 5. The van der Waals surface area contributed by atoms with Crippen molar-refractivity contribution in [2.24, 2.45) is 0 Å². The number of halogens is 3. The van der Waals surface area contributed by atoms with E-state index in [1.54, 1.807) is 0 Å². The van der Waals surface area contributed by atoms with Crippen LogP contribution in [0.1, 0.15) is 6.92 Å². The largest absolute Gasteiger partial charge is 0.414 e. The molecule has 4 nitrogen and oxygen atoms in total. The van der Waals surface area contributed by atoms with Gasteiger partial charge < -0.3 is 4.74 Å². The standard InChI is InChI=1S/C9H14F3NO3/c1-5-7(8(14)13(3)15-4)16-6(2)9(10,11)12/h5-7H,1H2,2-4H3/t6-,7+/m0/s1. The third-order valence-electron chi connectivity index (χ3n) is 1.85. The van der Waals surface area contributed by atoms with Crippen LogP contribution in [0.15, 0.2) is 12.7 Å². The predicted octanol–water partition coefficient (Wildman–Crippen LogP) is 1.53. The number of hydrogen-bond donors (Lipinski definition) is 0.